The molecular formula is C27H32FNO5. The van der Waals surface area contributed by atoms with Crippen LogP contribution in [0, 0.1) is 5.82 Å². The molecule has 34 heavy (non-hydrogen) atoms. The Bertz CT molecular complexity index is 1030. The summed E-state index contributed by atoms with van der Waals surface area (Å²) in [5.41, 5.74) is -0.626. The molecule has 1 aliphatic rings. The second-order valence-electron chi connectivity index (χ2n) is 9.37. The van der Waals surface area contributed by atoms with Gasteiger partial charge in [-0.15, -0.1) is 6.58 Å². The van der Waals surface area contributed by atoms with Gasteiger partial charge in [0.05, 0.1) is 13.2 Å². The lowest BCUT2D eigenvalue weighted by atomic mass is 9.92. The van der Waals surface area contributed by atoms with Crippen LogP contribution >= 0.6 is 0 Å². The van der Waals surface area contributed by atoms with E-state index in [9.17, 15) is 14.0 Å². The molecule has 6 nitrogen and oxygen atoms in total. The highest BCUT2D eigenvalue weighted by Gasteiger charge is 2.55. The first kappa shape index (κ1) is 25.3. The Morgan fingerprint density at radius 1 is 1.18 bits per heavy atom. The zero-order valence-corrected chi connectivity index (χ0v) is 20.2. The second kappa shape index (κ2) is 10.3. The van der Waals surface area contributed by atoms with Gasteiger partial charge in [0.1, 0.15) is 29.3 Å². The molecular weight excluding hydrogens is 437 g/mol. The summed E-state index contributed by atoms with van der Waals surface area (Å²) >= 11 is 0. The molecule has 0 N–H and O–H groups in total. The van der Waals surface area contributed by atoms with Gasteiger partial charge in [0.25, 0.3) is 0 Å². The molecule has 2 aromatic rings. The minimum Gasteiger partial charge on any atom is -0.489 e. The SMILES string of the molecule is C=CC[C@@]1(C(=O)OC)CC[C@H](c2ccc(OCc3ccccc3F)cc2)N1C(=O)OC(C)(C)C. The molecule has 7 heteroatoms. The Balaban J connectivity index is 1.87. The number of amides is 1. The summed E-state index contributed by atoms with van der Waals surface area (Å²) < 4.78 is 30.4. The number of rotatable bonds is 7. The number of hydrogen-bond donors (Lipinski definition) is 0. The van der Waals surface area contributed by atoms with E-state index < -0.39 is 29.2 Å². The molecule has 0 spiro atoms. The average molecular weight is 470 g/mol. The Kier molecular flexibility index (Phi) is 7.64. The molecule has 0 saturated carbocycles. The van der Waals surface area contributed by atoms with Crippen LogP contribution in [-0.4, -0.2) is 35.2 Å². The Morgan fingerprint density at radius 2 is 1.85 bits per heavy atom. The Morgan fingerprint density at radius 3 is 2.44 bits per heavy atom. The van der Waals surface area contributed by atoms with Crippen molar-refractivity contribution in [3.8, 4) is 5.75 Å². The van der Waals surface area contributed by atoms with Gasteiger partial charge in [0, 0.05) is 5.56 Å². The van der Waals surface area contributed by atoms with E-state index in [1.165, 1.54) is 18.1 Å². The van der Waals surface area contributed by atoms with Crippen molar-refractivity contribution < 1.29 is 28.2 Å². The molecule has 1 aliphatic heterocycles. The Labute approximate surface area is 200 Å². The van der Waals surface area contributed by atoms with Crippen LogP contribution in [0.4, 0.5) is 9.18 Å². The Hall–Kier alpha value is -3.35. The standard InChI is InChI=1S/C27H32FNO5/c1-6-16-27(24(30)32-5)17-15-23(29(27)25(31)34-26(2,3)4)19-11-13-21(14-12-19)33-18-20-9-7-8-10-22(20)28/h6-14,23H,1,15-18H2,2-5H3/t23-,27+/m1/s1. The number of likely N-dealkylation sites (tertiary alicyclic amines) is 1. The molecule has 0 aliphatic carbocycles. The number of carbonyl (C=O) groups is 2. The smallest absolute Gasteiger partial charge is 0.411 e. The summed E-state index contributed by atoms with van der Waals surface area (Å²) in [5.74, 6) is -0.246. The molecule has 2 atom stereocenters. The van der Waals surface area contributed by atoms with Gasteiger partial charge >= 0.3 is 12.1 Å². The monoisotopic (exact) mass is 469 g/mol. The lowest BCUT2D eigenvalue weighted by Gasteiger charge is -2.39. The lowest BCUT2D eigenvalue weighted by molar-refractivity contribution is -0.154. The summed E-state index contributed by atoms with van der Waals surface area (Å²) in [6.07, 6.45) is 2.26. The third kappa shape index (κ3) is 5.41. The van der Waals surface area contributed by atoms with E-state index in [2.05, 4.69) is 6.58 Å². The van der Waals surface area contributed by atoms with Crippen molar-refractivity contribution in [3.63, 3.8) is 0 Å². The van der Waals surface area contributed by atoms with Crippen molar-refractivity contribution in [2.45, 2.75) is 63.8 Å². The molecule has 0 radical (unpaired) electrons. The zero-order chi connectivity index (χ0) is 24.9. The highest BCUT2D eigenvalue weighted by atomic mass is 19.1. The highest BCUT2D eigenvalue weighted by Crippen LogP contribution is 2.46. The number of halogens is 1. The van der Waals surface area contributed by atoms with E-state index in [4.69, 9.17) is 14.2 Å². The van der Waals surface area contributed by atoms with Crippen molar-refractivity contribution in [3.05, 3.63) is 78.1 Å². The minimum atomic E-state index is -1.19. The molecule has 2 aromatic carbocycles. The lowest BCUT2D eigenvalue weighted by Crippen LogP contribution is -2.55. The number of carbonyl (C=O) groups excluding carboxylic acids is 2. The van der Waals surface area contributed by atoms with Gasteiger partial charge in [0.15, 0.2) is 0 Å². The highest BCUT2D eigenvalue weighted by molar-refractivity contribution is 5.87. The minimum absolute atomic E-state index is 0.101. The fourth-order valence-electron chi connectivity index (χ4n) is 4.33. The normalized spacial score (nSPS) is 20.0. The van der Waals surface area contributed by atoms with E-state index >= 15 is 0 Å². The summed E-state index contributed by atoms with van der Waals surface area (Å²) in [7, 11) is 1.31. The van der Waals surface area contributed by atoms with Crippen LogP contribution < -0.4 is 4.74 Å². The van der Waals surface area contributed by atoms with Crippen LogP contribution in [0.25, 0.3) is 0 Å². The van der Waals surface area contributed by atoms with Crippen LogP contribution in [0.2, 0.25) is 0 Å². The van der Waals surface area contributed by atoms with E-state index in [1.54, 1.807) is 57.2 Å². The van der Waals surface area contributed by atoms with E-state index in [-0.39, 0.29) is 18.8 Å². The first-order valence-electron chi connectivity index (χ1n) is 11.3. The van der Waals surface area contributed by atoms with Gasteiger partial charge in [-0.25, -0.2) is 14.0 Å². The predicted octanol–water partition coefficient (Wildman–Crippen LogP) is 5.96. The van der Waals surface area contributed by atoms with Gasteiger partial charge in [-0.2, -0.15) is 0 Å². The second-order valence-corrected chi connectivity index (χ2v) is 9.37. The first-order chi connectivity index (χ1) is 16.1. The largest absolute Gasteiger partial charge is 0.489 e. The third-order valence-electron chi connectivity index (χ3n) is 5.86. The number of hydrogen-bond acceptors (Lipinski definition) is 5. The van der Waals surface area contributed by atoms with Crippen LogP contribution in [0.15, 0.2) is 61.2 Å². The summed E-state index contributed by atoms with van der Waals surface area (Å²) in [6, 6.07) is 13.3. The van der Waals surface area contributed by atoms with Crippen molar-refractivity contribution >= 4 is 12.1 Å². The fourth-order valence-corrected chi connectivity index (χ4v) is 4.33. The first-order valence-corrected chi connectivity index (χ1v) is 11.3. The average Bonchev–Trinajstić information content (AvgIpc) is 3.18. The van der Waals surface area contributed by atoms with Crippen molar-refractivity contribution in [1.29, 1.82) is 0 Å². The third-order valence-corrected chi connectivity index (χ3v) is 5.86. The molecule has 3 rings (SSSR count). The van der Waals surface area contributed by atoms with Gasteiger partial charge < -0.3 is 14.2 Å². The van der Waals surface area contributed by atoms with Gasteiger partial charge in [-0.1, -0.05) is 36.4 Å². The topological polar surface area (TPSA) is 65.1 Å². The number of benzene rings is 2. The fraction of sp³-hybridized carbons (Fsp3) is 0.407. The number of ether oxygens (including phenoxy) is 3. The molecule has 1 amide bonds. The molecule has 1 fully saturated rings. The molecule has 1 heterocycles. The van der Waals surface area contributed by atoms with Crippen molar-refractivity contribution in [1.82, 2.24) is 4.90 Å². The number of methoxy groups -OCH3 is 1. The van der Waals surface area contributed by atoms with Gasteiger partial charge in [0.2, 0.25) is 0 Å². The molecule has 0 aromatic heterocycles. The molecule has 0 bridgehead atoms. The molecule has 0 unspecified atom stereocenters. The maximum atomic E-state index is 13.9. The van der Waals surface area contributed by atoms with Crippen LogP contribution in [0.1, 0.15) is 57.2 Å². The maximum absolute atomic E-state index is 13.9. The van der Waals surface area contributed by atoms with E-state index in [0.717, 1.165) is 5.56 Å². The summed E-state index contributed by atoms with van der Waals surface area (Å²) in [5, 5.41) is 0. The maximum Gasteiger partial charge on any atom is 0.411 e. The van der Waals surface area contributed by atoms with Gasteiger partial charge in [-0.05, 0) is 63.8 Å². The van der Waals surface area contributed by atoms with E-state index in [1.807, 2.05) is 12.1 Å². The molecule has 1 saturated heterocycles. The van der Waals surface area contributed by atoms with Crippen LogP contribution in [0.5, 0.6) is 5.75 Å². The van der Waals surface area contributed by atoms with Gasteiger partial charge in [-0.3, -0.25) is 4.90 Å². The summed E-state index contributed by atoms with van der Waals surface area (Å²) in [6.45, 7) is 9.24. The van der Waals surface area contributed by atoms with Crippen LogP contribution in [-0.2, 0) is 20.9 Å². The van der Waals surface area contributed by atoms with Crippen LogP contribution in [0.3, 0.4) is 0 Å². The number of nitrogens with zero attached hydrogens (tertiary/aromatic N) is 1. The van der Waals surface area contributed by atoms with Crippen molar-refractivity contribution in [2.75, 3.05) is 7.11 Å². The molecule has 182 valence electrons. The quantitative estimate of drug-likeness (QED) is 0.370. The van der Waals surface area contributed by atoms with Crippen molar-refractivity contribution in [2.24, 2.45) is 0 Å². The predicted molar refractivity (Wildman–Crippen MR) is 127 cm³/mol. The summed E-state index contributed by atoms with van der Waals surface area (Å²) in [4.78, 5) is 27.7. The number of esters is 1. The zero-order valence-electron chi connectivity index (χ0n) is 20.2. The van der Waals surface area contributed by atoms with E-state index in [0.29, 0.717) is 24.2 Å².